The van der Waals surface area contributed by atoms with Crippen molar-refractivity contribution in [1.82, 2.24) is 15.1 Å². The first-order valence-electron chi connectivity index (χ1n) is 8.79. The summed E-state index contributed by atoms with van der Waals surface area (Å²) < 4.78 is 0. The summed E-state index contributed by atoms with van der Waals surface area (Å²) in [5, 5.41) is 3.13. The molecule has 1 saturated carbocycles. The second-order valence-corrected chi connectivity index (χ2v) is 7.94. The molecule has 4 nitrogen and oxygen atoms in total. The molecule has 0 radical (unpaired) electrons. The number of benzene rings is 1. The molecule has 2 aliphatic rings. The average Bonchev–Trinajstić information content (AvgIpc) is 3.31. The molecule has 1 aromatic rings. The highest BCUT2D eigenvalue weighted by Gasteiger charge is 2.37. The summed E-state index contributed by atoms with van der Waals surface area (Å²) in [7, 11) is 0. The third-order valence-electron chi connectivity index (χ3n) is 4.63. The van der Waals surface area contributed by atoms with Gasteiger partial charge in [-0.15, -0.1) is 0 Å². The van der Waals surface area contributed by atoms with Crippen LogP contribution in [0.15, 0.2) is 30.3 Å². The molecule has 126 valence electrons. The van der Waals surface area contributed by atoms with Gasteiger partial charge in [0.25, 0.3) is 0 Å². The van der Waals surface area contributed by atoms with Crippen LogP contribution in [0, 0.1) is 0 Å². The van der Waals surface area contributed by atoms with E-state index in [-0.39, 0.29) is 17.6 Å². The average molecular weight is 315 g/mol. The summed E-state index contributed by atoms with van der Waals surface area (Å²) in [4.78, 5) is 17.3. The summed E-state index contributed by atoms with van der Waals surface area (Å²) in [6.07, 6.45) is 3.58. The molecule has 1 heterocycles. The van der Waals surface area contributed by atoms with Gasteiger partial charge < -0.3 is 10.2 Å². The zero-order valence-electron chi connectivity index (χ0n) is 14.6. The molecule has 3 rings (SSSR count). The molecule has 0 aromatic heterocycles. The molecule has 1 atom stereocenters. The maximum Gasteiger partial charge on any atom is 0.318 e. The number of hydrogen-bond acceptors (Lipinski definition) is 2. The number of rotatable bonds is 3. The molecule has 1 unspecified atom stereocenters. The van der Waals surface area contributed by atoms with E-state index in [4.69, 9.17) is 0 Å². The molecule has 23 heavy (non-hydrogen) atoms. The Morgan fingerprint density at radius 3 is 2.48 bits per heavy atom. The van der Waals surface area contributed by atoms with Crippen LogP contribution in [0.2, 0.25) is 0 Å². The zero-order chi connectivity index (χ0) is 16.4. The first-order valence-corrected chi connectivity index (χ1v) is 8.79. The molecule has 1 aliphatic carbocycles. The number of carbonyl (C=O) groups is 1. The number of nitrogens with zero attached hydrogens (tertiary/aromatic N) is 2. The highest BCUT2D eigenvalue weighted by molar-refractivity contribution is 5.75. The van der Waals surface area contributed by atoms with Crippen LogP contribution in [0.25, 0.3) is 0 Å². The predicted octanol–water partition coefficient (Wildman–Crippen LogP) is 2.89. The minimum Gasteiger partial charge on any atom is -0.333 e. The standard InChI is InChI=1S/C19H29N3O/c1-19(2,3)20-18(23)22-12-11-21(16-9-10-16)14-17(22)13-15-7-5-4-6-8-15/h4-8,16-17H,9-14H2,1-3H3,(H,20,23). The fourth-order valence-electron chi connectivity index (χ4n) is 3.37. The number of urea groups is 1. The lowest BCUT2D eigenvalue weighted by atomic mass is 10.0. The first-order chi connectivity index (χ1) is 10.9. The van der Waals surface area contributed by atoms with Crippen LogP contribution in [0.3, 0.4) is 0 Å². The topological polar surface area (TPSA) is 35.6 Å². The van der Waals surface area contributed by atoms with E-state index in [9.17, 15) is 4.79 Å². The van der Waals surface area contributed by atoms with Gasteiger partial charge in [-0.05, 0) is 45.6 Å². The minimum atomic E-state index is -0.192. The van der Waals surface area contributed by atoms with Crippen molar-refractivity contribution in [3.8, 4) is 0 Å². The van der Waals surface area contributed by atoms with Gasteiger partial charge in [0.1, 0.15) is 0 Å². The quantitative estimate of drug-likeness (QED) is 0.931. The van der Waals surface area contributed by atoms with Gasteiger partial charge >= 0.3 is 6.03 Å². The lowest BCUT2D eigenvalue weighted by molar-refractivity contribution is 0.0862. The molecule has 0 spiro atoms. The van der Waals surface area contributed by atoms with E-state index in [0.29, 0.717) is 0 Å². The summed E-state index contributed by atoms with van der Waals surface area (Å²) in [6, 6.07) is 11.6. The largest absolute Gasteiger partial charge is 0.333 e. The Balaban J connectivity index is 1.71. The van der Waals surface area contributed by atoms with E-state index in [1.807, 2.05) is 26.8 Å². The van der Waals surface area contributed by atoms with E-state index < -0.39 is 0 Å². The zero-order valence-corrected chi connectivity index (χ0v) is 14.6. The third kappa shape index (κ3) is 4.47. The van der Waals surface area contributed by atoms with Crippen molar-refractivity contribution in [2.45, 2.75) is 57.7 Å². The monoisotopic (exact) mass is 315 g/mol. The summed E-state index contributed by atoms with van der Waals surface area (Å²) in [6.45, 7) is 8.95. The van der Waals surface area contributed by atoms with Crippen LogP contribution in [0.1, 0.15) is 39.2 Å². The molecule has 1 N–H and O–H groups in total. The van der Waals surface area contributed by atoms with Crippen LogP contribution >= 0.6 is 0 Å². The molecular weight excluding hydrogens is 286 g/mol. The minimum absolute atomic E-state index is 0.0777. The lowest BCUT2D eigenvalue weighted by Gasteiger charge is -2.42. The second-order valence-electron chi connectivity index (χ2n) is 7.94. The Labute approximate surface area is 139 Å². The van der Waals surface area contributed by atoms with E-state index in [1.165, 1.54) is 18.4 Å². The first kappa shape index (κ1) is 16.3. The Morgan fingerprint density at radius 2 is 1.87 bits per heavy atom. The molecule has 1 saturated heterocycles. The van der Waals surface area contributed by atoms with Gasteiger partial charge in [-0.3, -0.25) is 4.90 Å². The van der Waals surface area contributed by atoms with Gasteiger partial charge in [-0.2, -0.15) is 0 Å². The van der Waals surface area contributed by atoms with Gasteiger partial charge in [0.05, 0.1) is 6.04 Å². The normalized spacial score (nSPS) is 22.9. The van der Waals surface area contributed by atoms with Gasteiger partial charge in [0.2, 0.25) is 0 Å². The van der Waals surface area contributed by atoms with Gasteiger partial charge in [-0.25, -0.2) is 4.79 Å². The van der Waals surface area contributed by atoms with Crippen molar-refractivity contribution >= 4 is 6.03 Å². The van der Waals surface area contributed by atoms with Crippen molar-refractivity contribution in [2.75, 3.05) is 19.6 Å². The van der Waals surface area contributed by atoms with Crippen LogP contribution in [0.4, 0.5) is 4.79 Å². The van der Waals surface area contributed by atoms with Crippen molar-refractivity contribution < 1.29 is 4.79 Å². The number of hydrogen-bond donors (Lipinski definition) is 1. The predicted molar refractivity (Wildman–Crippen MR) is 93.5 cm³/mol. The molecular formula is C19H29N3O. The number of amides is 2. The number of nitrogens with one attached hydrogen (secondary N) is 1. The Hall–Kier alpha value is -1.55. The van der Waals surface area contributed by atoms with Crippen molar-refractivity contribution in [1.29, 1.82) is 0 Å². The highest BCUT2D eigenvalue weighted by Crippen LogP contribution is 2.29. The Morgan fingerprint density at radius 1 is 1.17 bits per heavy atom. The van der Waals surface area contributed by atoms with Gasteiger partial charge in [0.15, 0.2) is 0 Å². The maximum absolute atomic E-state index is 12.7. The van der Waals surface area contributed by atoms with Crippen LogP contribution in [-0.4, -0.2) is 53.1 Å². The lowest BCUT2D eigenvalue weighted by Crippen LogP contribution is -2.60. The molecule has 1 aromatic carbocycles. The van der Waals surface area contributed by atoms with Crippen molar-refractivity contribution in [3.63, 3.8) is 0 Å². The smallest absolute Gasteiger partial charge is 0.318 e. The fraction of sp³-hybridized carbons (Fsp3) is 0.632. The summed E-state index contributed by atoms with van der Waals surface area (Å²) >= 11 is 0. The SMILES string of the molecule is CC(C)(C)NC(=O)N1CCN(C2CC2)CC1Cc1ccccc1. The molecule has 0 bridgehead atoms. The molecule has 2 amide bonds. The molecule has 4 heteroatoms. The second kappa shape index (κ2) is 6.52. The Kier molecular flexibility index (Phi) is 4.62. The van der Waals surface area contributed by atoms with Gasteiger partial charge in [0, 0.05) is 31.2 Å². The van der Waals surface area contributed by atoms with Crippen LogP contribution in [0.5, 0.6) is 0 Å². The Bertz CT molecular complexity index is 533. The number of carbonyl (C=O) groups excluding carboxylic acids is 1. The summed E-state index contributed by atoms with van der Waals surface area (Å²) in [5.41, 5.74) is 1.12. The van der Waals surface area contributed by atoms with Crippen LogP contribution < -0.4 is 5.32 Å². The van der Waals surface area contributed by atoms with Gasteiger partial charge in [-0.1, -0.05) is 30.3 Å². The van der Waals surface area contributed by atoms with E-state index in [1.54, 1.807) is 0 Å². The molecule has 2 fully saturated rings. The summed E-state index contributed by atoms with van der Waals surface area (Å²) in [5.74, 6) is 0. The van der Waals surface area contributed by atoms with Crippen molar-refractivity contribution in [3.05, 3.63) is 35.9 Å². The van der Waals surface area contributed by atoms with Crippen LogP contribution in [-0.2, 0) is 6.42 Å². The number of piperazine rings is 1. The van der Waals surface area contributed by atoms with E-state index in [2.05, 4.69) is 39.4 Å². The van der Waals surface area contributed by atoms with Crippen molar-refractivity contribution in [2.24, 2.45) is 0 Å². The maximum atomic E-state index is 12.7. The van der Waals surface area contributed by atoms with E-state index >= 15 is 0 Å². The fourth-order valence-corrected chi connectivity index (χ4v) is 3.37. The van der Waals surface area contributed by atoms with E-state index in [0.717, 1.165) is 32.1 Å². The molecule has 1 aliphatic heterocycles. The highest BCUT2D eigenvalue weighted by atomic mass is 16.2. The third-order valence-corrected chi connectivity index (χ3v) is 4.63.